The molecular weight excluding hydrogens is 350 g/mol. The molecule has 0 spiro atoms. The van der Waals surface area contributed by atoms with Crippen molar-refractivity contribution in [2.45, 2.75) is 25.8 Å². The Morgan fingerprint density at radius 2 is 2.12 bits per heavy atom. The van der Waals surface area contributed by atoms with Gasteiger partial charge < -0.3 is 10.6 Å². The molecule has 3 rings (SSSR count). The molecule has 0 bridgehead atoms. The predicted molar refractivity (Wildman–Crippen MR) is 102 cm³/mol. The number of benzene rings is 1. The third kappa shape index (κ3) is 4.74. The summed E-state index contributed by atoms with van der Waals surface area (Å²) in [5.41, 5.74) is 1.95. The molecule has 2 heterocycles. The number of anilines is 1. The summed E-state index contributed by atoms with van der Waals surface area (Å²) in [4.78, 5) is 28.2. The summed E-state index contributed by atoms with van der Waals surface area (Å²) in [6, 6.07) is 9.48. The van der Waals surface area contributed by atoms with Crippen LogP contribution in [0.2, 0.25) is 0 Å². The van der Waals surface area contributed by atoms with Crippen molar-refractivity contribution in [1.29, 1.82) is 0 Å². The molecule has 1 aliphatic rings. The second-order valence-corrected chi connectivity index (χ2v) is 6.83. The maximum Gasteiger partial charge on any atom is 0.243 e. The minimum Gasteiger partial charge on any atom is -0.304 e. The first-order valence-corrected chi connectivity index (χ1v) is 9.38. The maximum atomic E-state index is 12.1. The highest BCUT2D eigenvalue weighted by Gasteiger charge is 2.21. The van der Waals surface area contributed by atoms with Crippen LogP contribution in [0.3, 0.4) is 0 Å². The molecule has 1 aromatic heterocycles. The Kier molecular flexibility index (Phi) is 6.08. The summed E-state index contributed by atoms with van der Waals surface area (Å²) >= 11 is 1.37. The van der Waals surface area contributed by atoms with Crippen LogP contribution in [0.25, 0.3) is 0 Å². The van der Waals surface area contributed by atoms with Gasteiger partial charge in [-0.15, -0.1) is 11.3 Å². The van der Waals surface area contributed by atoms with Crippen LogP contribution >= 0.6 is 11.3 Å². The third-order valence-electron chi connectivity index (χ3n) is 4.04. The minimum atomic E-state index is -0.392. The Bertz CT molecular complexity index is 776. The molecule has 0 aliphatic carbocycles. The first-order chi connectivity index (χ1) is 12.6. The van der Waals surface area contributed by atoms with Crippen LogP contribution < -0.4 is 10.6 Å². The number of carbonyl (C=O) groups is 2. The minimum absolute atomic E-state index is 0.00590. The van der Waals surface area contributed by atoms with E-state index in [-0.39, 0.29) is 11.8 Å². The van der Waals surface area contributed by atoms with Gasteiger partial charge in [-0.3, -0.25) is 9.59 Å². The maximum absolute atomic E-state index is 12.1. The van der Waals surface area contributed by atoms with Crippen molar-refractivity contribution in [1.82, 2.24) is 15.3 Å². The molecule has 0 fully saturated rings. The molecule has 1 aliphatic heterocycles. The number of nitrogens with zero attached hydrogens (tertiary/aromatic N) is 3. The van der Waals surface area contributed by atoms with Crippen molar-refractivity contribution >= 4 is 34.0 Å². The molecule has 2 amide bonds. The van der Waals surface area contributed by atoms with Crippen LogP contribution in [0, 0.1) is 0 Å². The zero-order valence-electron chi connectivity index (χ0n) is 14.5. The fourth-order valence-corrected chi connectivity index (χ4v) is 3.12. The van der Waals surface area contributed by atoms with E-state index in [0.29, 0.717) is 31.1 Å². The van der Waals surface area contributed by atoms with Crippen molar-refractivity contribution < 1.29 is 9.59 Å². The molecule has 0 radical (unpaired) electrons. The Morgan fingerprint density at radius 3 is 2.85 bits per heavy atom. The summed E-state index contributed by atoms with van der Waals surface area (Å²) in [5, 5.41) is 14.2. The lowest BCUT2D eigenvalue weighted by atomic mass is 10.0. The number of aromatic nitrogens is 1. The summed E-state index contributed by atoms with van der Waals surface area (Å²) < 4.78 is 0. The van der Waals surface area contributed by atoms with Gasteiger partial charge in [0.15, 0.2) is 5.13 Å². The third-order valence-corrected chi connectivity index (χ3v) is 4.73. The molecule has 0 saturated carbocycles. The lowest BCUT2D eigenvalue weighted by molar-refractivity contribution is -0.131. The molecule has 7 nitrogen and oxygen atoms in total. The highest BCUT2D eigenvalue weighted by Crippen LogP contribution is 2.15. The zero-order chi connectivity index (χ0) is 18.4. The zero-order valence-corrected chi connectivity index (χ0v) is 15.3. The van der Waals surface area contributed by atoms with Gasteiger partial charge in [-0.05, 0) is 12.5 Å². The second kappa shape index (κ2) is 8.68. The van der Waals surface area contributed by atoms with E-state index >= 15 is 0 Å². The molecule has 26 heavy (non-hydrogen) atoms. The van der Waals surface area contributed by atoms with E-state index in [0.717, 1.165) is 11.3 Å². The van der Waals surface area contributed by atoms with Gasteiger partial charge in [0.1, 0.15) is 0 Å². The van der Waals surface area contributed by atoms with Crippen molar-refractivity contribution in [2.24, 2.45) is 5.10 Å². The van der Waals surface area contributed by atoms with E-state index in [2.05, 4.69) is 20.7 Å². The average molecular weight is 371 g/mol. The molecule has 1 aromatic carbocycles. The normalized spacial score (nSPS) is 15.5. The smallest absolute Gasteiger partial charge is 0.243 e. The van der Waals surface area contributed by atoms with Gasteiger partial charge >= 0.3 is 0 Å². The van der Waals surface area contributed by atoms with Gasteiger partial charge in [0, 0.05) is 31.0 Å². The van der Waals surface area contributed by atoms with Crippen molar-refractivity contribution in [2.75, 3.05) is 18.4 Å². The quantitative estimate of drug-likeness (QED) is 0.780. The first-order valence-electron chi connectivity index (χ1n) is 8.50. The molecule has 2 aromatic rings. The Balaban J connectivity index is 1.51. The van der Waals surface area contributed by atoms with E-state index in [1.165, 1.54) is 16.3 Å². The Hall–Kier alpha value is -2.58. The van der Waals surface area contributed by atoms with Crippen LogP contribution in [-0.2, 0) is 9.59 Å². The molecule has 136 valence electrons. The fraction of sp³-hybridized carbons (Fsp3) is 0.333. The largest absolute Gasteiger partial charge is 0.304 e. The van der Waals surface area contributed by atoms with E-state index in [4.69, 9.17) is 0 Å². The van der Waals surface area contributed by atoms with Gasteiger partial charge in [-0.1, -0.05) is 30.3 Å². The molecule has 2 N–H and O–H groups in total. The summed E-state index contributed by atoms with van der Waals surface area (Å²) in [6.07, 6.45) is 2.75. The number of rotatable bonds is 7. The monoisotopic (exact) mass is 371 g/mol. The molecule has 1 atom stereocenters. The summed E-state index contributed by atoms with van der Waals surface area (Å²) in [6.45, 7) is 2.67. The number of hydrogen-bond donors (Lipinski definition) is 2. The van der Waals surface area contributed by atoms with Gasteiger partial charge in [-0.2, -0.15) is 5.10 Å². The number of amides is 2. The van der Waals surface area contributed by atoms with E-state index in [1.807, 2.05) is 30.3 Å². The lowest BCUT2D eigenvalue weighted by Crippen LogP contribution is -2.43. The fourth-order valence-electron chi connectivity index (χ4n) is 2.59. The van der Waals surface area contributed by atoms with Crippen molar-refractivity contribution in [3.05, 3.63) is 47.5 Å². The lowest BCUT2D eigenvalue weighted by Gasteiger charge is -2.24. The van der Waals surface area contributed by atoms with Crippen LogP contribution in [0.15, 0.2) is 47.0 Å². The Morgan fingerprint density at radius 1 is 1.31 bits per heavy atom. The number of thiazole rings is 1. The first kappa shape index (κ1) is 18.2. The van der Waals surface area contributed by atoms with Gasteiger partial charge in [0.05, 0.1) is 18.3 Å². The van der Waals surface area contributed by atoms with Crippen LogP contribution in [0.4, 0.5) is 5.13 Å². The van der Waals surface area contributed by atoms with Gasteiger partial charge in [-0.25, -0.2) is 9.99 Å². The van der Waals surface area contributed by atoms with Gasteiger partial charge in [0.25, 0.3) is 0 Å². The predicted octanol–water partition coefficient (Wildman–Crippen LogP) is 2.09. The second-order valence-electron chi connectivity index (χ2n) is 5.93. The molecule has 8 heteroatoms. The van der Waals surface area contributed by atoms with Crippen molar-refractivity contribution in [3.8, 4) is 0 Å². The highest BCUT2D eigenvalue weighted by molar-refractivity contribution is 7.13. The van der Waals surface area contributed by atoms with E-state index < -0.39 is 6.04 Å². The average Bonchev–Trinajstić information content (AvgIpc) is 3.17. The SMILES string of the molecule is C[C@H](NCCN1N=C(c2ccccc2)CCC1=O)C(=O)Nc1nccs1. The molecule has 0 saturated heterocycles. The van der Waals surface area contributed by atoms with Gasteiger partial charge in [0.2, 0.25) is 11.8 Å². The van der Waals surface area contributed by atoms with Crippen LogP contribution in [0.5, 0.6) is 0 Å². The molecule has 0 unspecified atom stereocenters. The number of carbonyl (C=O) groups excluding carboxylic acids is 2. The Labute approximate surface area is 156 Å². The number of nitrogens with one attached hydrogen (secondary N) is 2. The van der Waals surface area contributed by atoms with E-state index in [1.54, 1.807) is 18.5 Å². The van der Waals surface area contributed by atoms with Crippen LogP contribution in [-0.4, -0.2) is 46.7 Å². The highest BCUT2D eigenvalue weighted by atomic mass is 32.1. The topological polar surface area (TPSA) is 86.7 Å². The van der Waals surface area contributed by atoms with Crippen LogP contribution in [0.1, 0.15) is 25.3 Å². The summed E-state index contributed by atoms with van der Waals surface area (Å²) in [7, 11) is 0. The number of hydrazone groups is 1. The van der Waals surface area contributed by atoms with Crippen molar-refractivity contribution in [3.63, 3.8) is 0 Å². The summed E-state index contributed by atoms with van der Waals surface area (Å²) in [5.74, 6) is -0.148. The molecular formula is C18H21N5O2S. The van der Waals surface area contributed by atoms with E-state index in [9.17, 15) is 9.59 Å². The standard InChI is InChI=1S/C18H21N5O2S/c1-13(17(25)21-18-20-10-12-26-18)19-9-11-23-16(24)8-7-15(22-23)14-5-3-2-4-6-14/h2-6,10,12-13,19H,7-9,11H2,1H3,(H,20,21,25)/t13-/m0/s1. The number of hydrogen-bond acceptors (Lipinski definition) is 6.